The summed E-state index contributed by atoms with van der Waals surface area (Å²) in [5.41, 5.74) is 1.03. The molecule has 0 N–H and O–H groups in total. The minimum absolute atomic E-state index is 0.118. The average molecular weight is 440 g/mol. The average Bonchev–Trinajstić information content (AvgIpc) is 3.40. The Kier molecular flexibility index (Phi) is 5.03. The summed E-state index contributed by atoms with van der Waals surface area (Å²) in [6.45, 7) is 0.624. The van der Waals surface area contributed by atoms with Crippen LogP contribution in [0.4, 0.5) is 13.2 Å². The van der Waals surface area contributed by atoms with E-state index in [1.165, 1.54) is 6.07 Å². The number of ether oxygens (including phenoxy) is 1. The first-order valence-electron chi connectivity index (χ1n) is 10.3. The first-order valence-corrected chi connectivity index (χ1v) is 10.3. The van der Waals surface area contributed by atoms with E-state index < -0.39 is 11.7 Å². The summed E-state index contributed by atoms with van der Waals surface area (Å²) < 4.78 is 44.2. The molecule has 1 amide bonds. The van der Waals surface area contributed by atoms with Gasteiger partial charge in [0.05, 0.1) is 17.3 Å². The van der Waals surface area contributed by atoms with Gasteiger partial charge < -0.3 is 9.64 Å². The van der Waals surface area contributed by atoms with E-state index in [0.717, 1.165) is 25.1 Å². The van der Waals surface area contributed by atoms with Gasteiger partial charge in [-0.15, -0.1) is 0 Å². The molecule has 0 unspecified atom stereocenters. The number of carbonyl (C=O) groups excluding carboxylic acids is 1. The normalized spacial score (nSPS) is 22.2. The Morgan fingerprint density at radius 2 is 1.91 bits per heavy atom. The Bertz CT molecular complexity index is 1120. The van der Waals surface area contributed by atoms with Crippen LogP contribution in [0.15, 0.2) is 60.9 Å². The molecule has 3 aromatic rings. The molecule has 0 spiro atoms. The highest BCUT2D eigenvalue weighted by molar-refractivity contribution is 6.00. The lowest BCUT2D eigenvalue weighted by atomic mass is 10.0. The third-order valence-corrected chi connectivity index (χ3v) is 6.03. The number of pyridine rings is 1. The number of piperidine rings is 1. The number of fused-ring (bicyclic) bond motifs is 2. The SMILES string of the molecule is O=C(c1ccccc1-c1cccnn1)N1C[C@H]2C[C@@H](Oc3ccc(C(F)(F)F)cn3)[C@@H]1C2. The van der Waals surface area contributed by atoms with E-state index in [1.54, 1.807) is 29.3 Å². The molecule has 1 aliphatic heterocycles. The number of hydrogen-bond donors (Lipinski definition) is 0. The molecule has 3 atom stereocenters. The van der Waals surface area contributed by atoms with E-state index >= 15 is 0 Å². The number of benzene rings is 1. The number of alkyl halides is 3. The molecule has 2 aliphatic rings. The Balaban J connectivity index is 1.35. The molecule has 9 heteroatoms. The van der Waals surface area contributed by atoms with Gasteiger partial charge in [-0.25, -0.2) is 4.98 Å². The zero-order valence-corrected chi connectivity index (χ0v) is 16.9. The van der Waals surface area contributed by atoms with E-state index in [-0.39, 0.29) is 29.9 Å². The van der Waals surface area contributed by atoms with E-state index in [4.69, 9.17) is 4.74 Å². The molecule has 1 saturated heterocycles. The summed E-state index contributed by atoms with van der Waals surface area (Å²) in [5.74, 6) is 0.294. The zero-order valence-electron chi connectivity index (χ0n) is 16.9. The lowest BCUT2D eigenvalue weighted by Gasteiger charge is -2.33. The number of amides is 1. The Hall–Kier alpha value is -3.49. The number of likely N-dealkylation sites (tertiary alicyclic amines) is 1. The van der Waals surface area contributed by atoms with Crippen LogP contribution < -0.4 is 4.74 Å². The minimum atomic E-state index is -4.45. The number of hydrogen-bond acceptors (Lipinski definition) is 5. The van der Waals surface area contributed by atoms with Gasteiger partial charge in [0.25, 0.3) is 5.91 Å². The maximum atomic E-state index is 13.5. The molecule has 1 aromatic carbocycles. The molecule has 5 rings (SSSR count). The summed E-state index contributed by atoms with van der Waals surface area (Å²) in [6.07, 6.45) is -0.885. The van der Waals surface area contributed by atoms with Crippen LogP contribution in [0.25, 0.3) is 11.3 Å². The predicted octanol–water partition coefficient (Wildman–Crippen LogP) is 4.24. The molecule has 164 valence electrons. The molecule has 1 aliphatic carbocycles. The van der Waals surface area contributed by atoms with E-state index in [2.05, 4.69) is 15.2 Å². The van der Waals surface area contributed by atoms with Crippen molar-refractivity contribution in [3.63, 3.8) is 0 Å². The molecule has 3 heterocycles. The van der Waals surface area contributed by atoms with Crippen molar-refractivity contribution in [3.8, 4) is 17.1 Å². The summed E-state index contributed by atoms with van der Waals surface area (Å²) in [4.78, 5) is 19.1. The number of halogens is 3. The maximum absolute atomic E-state index is 13.5. The molecule has 6 nitrogen and oxygen atoms in total. The lowest BCUT2D eigenvalue weighted by Crippen LogP contribution is -2.47. The van der Waals surface area contributed by atoms with Gasteiger partial charge in [-0.3, -0.25) is 4.79 Å². The van der Waals surface area contributed by atoms with Crippen molar-refractivity contribution in [1.82, 2.24) is 20.1 Å². The first kappa shape index (κ1) is 20.4. The lowest BCUT2D eigenvalue weighted by molar-refractivity contribution is -0.137. The fraction of sp³-hybridized carbons (Fsp3) is 0.304. The summed E-state index contributed by atoms with van der Waals surface area (Å²) in [7, 11) is 0. The van der Waals surface area contributed by atoms with Crippen LogP contribution in [-0.4, -0.2) is 44.7 Å². The Morgan fingerprint density at radius 1 is 1.06 bits per heavy atom. The van der Waals surface area contributed by atoms with Gasteiger partial charge in [0, 0.05) is 36.1 Å². The highest BCUT2D eigenvalue weighted by Crippen LogP contribution is 2.41. The quantitative estimate of drug-likeness (QED) is 0.607. The molecule has 2 fully saturated rings. The van der Waals surface area contributed by atoms with Gasteiger partial charge in [-0.05, 0) is 43.0 Å². The van der Waals surface area contributed by atoms with E-state index in [0.29, 0.717) is 23.4 Å². The van der Waals surface area contributed by atoms with Gasteiger partial charge in [-0.1, -0.05) is 18.2 Å². The molecule has 32 heavy (non-hydrogen) atoms. The molecular weight excluding hydrogens is 421 g/mol. The summed E-state index contributed by atoms with van der Waals surface area (Å²) in [5, 5.41) is 8.03. The molecule has 2 aromatic heterocycles. The minimum Gasteiger partial charge on any atom is -0.472 e. The largest absolute Gasteiger partial charge is 0.472 e. The number of carbonyl (C=O) groups is 1. The van der Waals surface area contributed by atoms with Gasteiger partial charge in [0.2, 0.25) is 5.88 Å². The van der Waals surface area contributed by atoms with Crippen molar-refractivity contribution in [2.24, 2.45) is 5.92 Å². The smallest absolute Gasteiger partial charge is 0.417 e. The zero-order chi connectivity index (χ0) is 22.3. The van der Waals surface area contributed by atoms with Crippen LogP contribution in [0.3, 0.4) is 0 Å². The van der Waals surface area contributed by atoms with Crippen molar-refractivity contribution < 1.29 is 22.7 Å². The highest BCUT2D eigenvalue weighted by Gasteiger charge is 2.48. The molecule has 0 radical (unpaired) electrons. The summed E-state index contributed by atoms with van der Waals surface area (Å²) >= 11 is 0. The fourth-order valence-electron chi connectivity index (χ4n) is 4.59. The number of aromatic nitrogens is 3. The standard InChI is InChI=1S/C23H19F3N4O2/c24-23(25,26)15-7-8-21(27-12-15)32-20-11-14-10-19(20)30(13-14)22(31)17-5-2-1-4-16(17)18-6-3-9-28-29-18/h1-9,12,14,19-20H,10-11,13H2/t14-,19+,20-/m1/s1. The fourth-order valence-corrected chi connectivity index (χ4v) is 4.59. The Morgan fingerprint density at radius 3 is 2.59 bits per heavy atom. The third kappa shape index (κ3) is 3.79. The van der Waals surface area contributed by atoms with Gasteiger partial charge >= 0.3 is 6.18 Å². The van der Waals surface area contributed by atoms with Crippen molar-refractivity contribution in [2.45, 2.75) is 31.2 Å². The number of rotatable bonds is 4. The maximum Gasteiger partial charge on any atom is 0.417 e. The summed E-state index contributed by atoms with van der Waals surface area (Å²) in [6, 6.07) is 12.9. The van der Waals surface area contributed by atoms with Gasteiger partial charge in [0.15, 0.2) is 0 Å². The van der Waals surface area contributed by atoms with Crippen LogP contribution in [0.1, 0.15) is 28.8 Å². The predicted molar refractivity (Wildman–Crippen MR) is 109 cm³/mol. The molecular formula is C23H19F3N4O2. The topological polar surface area (TPSA) is 68.2 Å². The van der Waals surface area contributed by atoms with Crippen molar-refractivity contribution in [3.05, 3.63) is 72.1 Å². The third-order valence-electron chi connectivity index (χ3n) is 6.03. The second-order valence-corrected chi connectivity index (χ2v) is 8.06. The van der Waals surface area contributed by atoms with Gasteiger partial charge in [-0.2, -0.15) is 23.4 Å². The van der Waals surface area contributed by atoms with Crippen LogP contribution in [0.5, 0.6) is 5.88 Å². The highest BCUT2D eigenvalue weighted by atomic mass is 19.4. The second-order valence-electron chi connectivity index (χ2n) is 8.06. The second kappa shape index (κ2) is 7.89. The van der Waals surface area contributed by atoms with Crippen molar-refractivity contribution in [1.29, 1.82) is 0 Å². The molecule has 1 saturated carbocycles. The van der Waals surface area contributed by atoms with Crippen molar-refractivity contribution in [2.75, 3.05) is 6.54 Å². The first-order chi connectivity index (χ1) is 15.4. The Labute approximate surface area is 182 Å². The van der Waals surface area contributed by atoms with Crippen molar-refractivity contribution >= 4 is 5.91 Å². The van der Waals surface area contributed by atoms with Crippen LogP contribution >= 0.6 is 0 Å². The number of nitrogens with zero attached hydrogens (tertiary/aromatic N) is 4. The van der Waals surface area contributed by atoms with E-state index in [1.807, 2.05) is 18.2 Å². The molecule has 2 bridgehead atoms. The monoisotopic (exact) mass is 440 g/mol. The van der Waals surface area contributed by atoms with Crippen LogP contribution in [0, 0.1) is 5.92 Å². The van der Waals surface area contributed by atoms with Crippen LogP contribution in [0.2, 0.25) is 0 Å². The van der Waals surface area contributed by atoms with Gasteiger partial charge in [0.1, 0.15) is 6.10 Å². The van der Waals surface area contributed by atoms with Crippen LogP contribution in [-0.2, 0) is 6.18 Å². The van der Waals surface area contributed by atoms with E-state index in [9.17, 15) is 18.0 Å².